The lowest BCUT2D eigenvalue weighted by Crippen LogP contribution is -2.10. The number of rotatable bonds is 5. The van der Waals surface area contributed by atoms with Crippen LogP contribution in [0.3, 0.4) is 0 Å². The van der Waals surface area contributed by atoms with E-state index in [1.165, 1.54) is 6.33 Å². The van der Waals surface area contributed by atoms with Crippen molar-refractivity contribution < 1.29 is 4.74 Å². The number of nitrogen functional groups attached to an aromatic ring is 1. The van der Waals surface area contributed by atoms with Gasteiger partial charge in [-0.1, -0.05) is 13.3 Å². The van der Waals surface area contributed by atoms with Gasteiger partial charge in [-0.3, -0.25) is 0 Å². The largest absolute Gasteiger partial charge is 0.477 e. The van der Waals surface area contributed by atoms with E-state index in [0.717, 1.165) is 12.8 Å². The first-order valence-electron chi connectivity index (χ1n) is 4.39. The molecule has 0 spiro atoms. The van der Waals surface area contributed by atoms with Crippen molar-refractivity contribution in [2.24, 2.45) is 5.84 Å². The highest BCUT2D eigenvalue weighted by Crippen LogP contribution is 2.27. The smallest absolute Gasteiger partial charge is 0.233 e. The lowest BCUT2D eigenvalue weighted by Gasteiger charge is -2.08. The molecular formula is C8H13BrN4O. The Bertz CT molecular complexity index is 295. The number of anilines is 1. The van der Waals surface area contributed by atoms with Gasteiger partial charge in [0.1, 0.15) is 10.8 Å². The van der Waals surface area contributed by atoms with Crippen molar-refractivity contribution >= 4 is 21.7 Å². The first-order valence-corrected chi connectivity index (χ1v) is 5.18. The van der Waals surface area contributed by atoms with Crippen LogP contribution in [-0.2, 0) is 0 Å². The molecule has 0 aliphatic heterocycles. The van der Waals surface area contributed by atoms with Crippen molar-refractivity contribution in [1.82, 2.24) is 9.97 Å². The summed E-state index contributed by atoms with van der Waals surface area (Å²) in [5.74, 6) is 6.28. The van der Waals surface area contributed by atoms with Gasteiger partial charge in [-0.05, 0) is 22.4 Å². The fraction of sp³-hybridized carbons (Fsp3) is 0.500. The van der Waals surface area contributed by atoms with E-state index in [0.29, 0.717) is 22.8 Å². The van der Waals surface area contributed by atoms with Gasteiger partial charge in [-0.25, -0.2) is 15.8 Å². The van der Waals surface area contributed by atoms with Gasteiger partial charge in [0, 0.05) is 0 Å². The Labute approximate surface area is 91.2 Å². The maximum atomic E-state index is 5.43. The van der Waals surface area contributed by atoms with Crippen LogP contribution in [0.4, 0.5) is 5.82 Å². The third-order valence-corrected chi connectivity index (χ3v) is 2.35. The maximum absolute atomic E-state index is 5.43. The lowest BCUT2D eigenvalue weighted by atomic mass is 10.4. The molecule has 1 aromatic rings. The van der Waals surface area contributed by atoms with Crippen LogP contribution in [-0.4, -0.2) is 16.6 Å². The van der Waals surface area contributed by atoms with Crippen molar-refractivity contribution in [3.63, 3.8) is 0 Å². The molecule has 6 heteroatoms. The summed E-state index contributed by atoms with van der Waals surface area (Å²) < 4.78 is 6.08. The van der Waals surface area contributed by atoms with Gasteiger partial charge in [-0.2, -0.15) is 0 Å². The van der Waals surface area contributed by atoms with Crippen molar-refractivity contribution in [2.75, 3.05) is 12.0 Å². The monoisotopic (exact) mass is 260 g/mol. The molecule has 5 nitrogen and oxygen atoms in total. The highest BCUT2D eigenvalue weighted by Gasteiger charge is 2.07. The normalized spacial score (nSPS) is 9.93. The summed E-state index contributed by atoms with van der Waals surface area (Å²) in [5.41, 5.74) is 2.45. The van der Waals surface area contributed by atoms with Crippen LogP contribution in [0.1, 0.15) is 19.8 Å². The molecule has 1 heterocycles. The van der Waals surface area contributed by atoms with E-state index in [9.17, 15) is 0 Å². The predicted octanol–water partition coefficient (Wildman–Crippen LogP) is 1.70. The quantitative estimate of drug-likeness (QED) is 0.479. The predicted molar refractivity (Wildman–Crippen MR) is 57.9 cm³/mol. The number of hydrogen-bond acceptors (Lipinski definition) is 5. The Morgan fingerprint density at radius 1 is 1.57 bits per heavy atom. The highest BCUT2D eigenvalue weighted by molar-refractivity contribution is 9.10. The molecule has 0 atom stereocenters. The topological polar surface area (TPSA) is 73.1 Å². The van der Waals surface area contributed by atoms with E-state index >= 15 is 0 Å². The van der Waals surface area contributed by atoms with Gasteiger partial charge < -0.3 is 10.2 Å². The van der Waals surface area contributed by atoms with Crippen molar-refractivity contribution in [2.45, 2.75) is 19.8 Å². The van der Waals surface area contributed by atoms with Crippen LogP contribution in [0.15, 0.2) is 10.8 Å². The third kappa shape index (κ3) is 2.81. The van der Waals surface area contributed by atoms with E-state index in [-0.39, 0.29) is 0 Å². The highest BCUT2D eigenvalue weighted by atomic mass is 79.9. The molecule has 0 aromatic carbocycles. The van der Waals surface area contributed by atoms with Crippen LogP contribution in [0, 0.1) is 0 Å². The van der Waals surface area contributed by atoms with Gasteiger partial charge in [-0.15, -0.1) is 0 Å². The molecule has 0 amide bonds. The van der Waals surface area contributed by atoms with Gasteiger partial charge in [0.2, 0.25) is 5.88 Å². The van der Waals surface area contributed by atoms with Gasteiger partial charge in [0.05, 0.1) is 6.61 Å². The second kappa shape index (κ2) is 5.77. The summed E-state index contributed by atoms with van der Waals surface area (Å²) in [7, 11) is 0. The molecule has 1 aromatic heterocycles. The fourth-order valence-corrected chi connectivity index (χ4v) is 1.30. The molecule has 0 aliphatic rings. The Morgan fingerprint density at radius 2 is 2.36 bits per heavy atom. The van der Waals surface area contributed by atoms with Crippen LogP contribution in [0.5, 0.6) is 5.88 Å². The molecule has 0 saturated carbocycles. The number of unbranched alkanes of at least 4 members (excludes halogenated alkanes) is 1. The van der Waals surface area contributed by atoms with E-state index in [4.69, 9.17) is 10.6 Å². The van der Waals surface area contributed by atoms with Gasteiger partial charge in [0.25, 0.3) is 0 Å². The zero-order chi connectivity index (χ0) is 10.4. The zero-order valence-electron chi connectivity index (χ0n) is 7.96. The number of nitrogens with one attached hydrogen (secondary N) is 1. The minimum absolute atomic E-state index is 0.515. The lowest BCUT2D eigenvalue weighted by molar-refractivity contribution is 0.295. The van der Waals surface area contributed by atoms with E-state index in [2.05, 4.69) is 38.2 Å². The summed E-state index contributed by atoms with van der Waals surface area (Å²) in [6.45, 7) is 2.75. The van der Waals surface area contributed by atoms with Crippen molar-refractivity contribution in [3.05, 3.63) is 10.8 Å². The average molecular weight is 261 g/mol. The molecule has 0 saturated heterocycles. The van der Waals surface area contributed by atoms with Crippen LogP contribution >= 0.6 is 15.9 Å². The first-order chi connectivity index (χ1) is 6.79. The van der Waals surface area contributed by atoms with Crippen LogP contribution < -0.4 is 16.0 Å². The zero-order valence-corrected chi connectivity index (χ0v) is 9.54. The molecular weight excluding hydrogens is 248 g/mol. The molecule has 0 fully saturated rings. The Balaban J connectivity index is 2.66. The first kappa shape index (κ1) is 11.2. The number of aromatic nitrogens is 2. The van der Waals surface area contributed by atoms with Crippen molar-refractivity contribution in [1.29, 1.82) is 0 Å². The van der Waals surface area contributed by atoms with Gasteiger partial charge >= 0.3 is 0 Å². The average Bonchev–Trinajstić information content (AvgIpc) is 2.21. The molecule has 78 valence electrons. The fourth-order valence-electron chi connectivity index (χ4n) is 0.868. The Morgan fingerprint density at radius 3 is 3.00 bits per heavy atom. The minimum atomic E-state index is 0.515. The molecule has 0 radical (unpaired) electrons. The standard InChI is InChI=1S/C8H13BrN4O/c1-2-3-4-14-8-6(9)7(13-10)11-5-12-8/h5H,2-4,10H2,1H3,(H,11,12,13). The Kier molecular flexibility index (Phi) is 4.61. The second-order valence-corrected chi connectivity index (χ2v) is 3.48. The third-order valence-electron chi connectivity index (χ3n) is 1.63. The SMILES string of the molecule is CCCCOc1ncnc(NN)c1Br. The minimum Gasteiger partial charge on any atom is -0.477 e. The molecule has 14 heavy (non-hydrogen) atoms. The van der Waals surface area contributed by atoms with Crippen LogP contribution in [0.25, 0.3) is 0 Å². The second-order valence-electron chi connectivity index (χ2n) is 2.69. The number of nitrogens with zero attached hydrogens (tertiary/aromatic N) is 2. The van der Waals surface area contributed by atoms with E-state index < -0.39 is 0 Å². The molecule has 3 N–H and O–H groups in total. The number of nitrogens with two attached hydrogens (primary N) is 1. The number of hydrazine groups is 1. The van der Waals surface area contributed by atoms with Gasteiger partial charge in [0.15, 0.2) is 5.82 Å². The molecule has 0 unspecified atom stereocenters. The number of ether oxygens (including phenoxy) is 1. The van der Waals surface area contributed by atoms with Crippen LogP contribution in [0.2, 0.25) is 0 Å². The Hall–Kier alpha value is -0.880. The summed E-state index contributed by atoms with van der Waals surface area (Å²) in [4.78, 5) is 7.89. The summed E-state index contributed by atoms with van der Waals surface area (Å²) in [6, 6.07) is 0. The molecule has 1 rings (SSSR count). The van der Waals surface area contributed by atoms with Crippen molar-refractivity contribution in [3.8, 4) is 5.88 Å². The maximum Gasteiger partial charge on any atom is 0.233 e. The number of halogens is 1. The number of hydrogen-bond donors (Lipinski definition) is 2. The molecule has 0 bridgehead atoms. The van der Waals surface area contributed by atoms with E-state index in [1.54, 1.807) is 0 Å². The molecule has 0 aliphatic carbocycles. The summed E-state index contributed by atoms with van der Waals surface area (Å²) in [6.07, 6.45) is 3.49. The van der Waals surface area contributed by atoms with E-state index in [1.807, 2.05) is 0 Å². The summed E-state index contributed by atoms with van der Waals surface area (Å²) in [5, 5.41) is 0. The summed E-state index contributed by atoms with van der Waals surface area (Å²) >= 11 is 3.30.